The molecule has 7 nitrogen and oxygen atoms in total. The molecule has 0 unspecified atom stereocenters. The summed E-state index contributed by atoms with van der Waals surface area (Å²) in [7, 11) is 0. The second-order valence-corrected chi connectivity index (χ2v) is 8.02. The minimum Gasteiger partial charge on any atom is -0.453 e. The fraction of sp³-hybridized carbons (Fsp3) is 0.478. The maximum absolute atomic E-state index is 14.5. The first-order valence-corrected chi connectivity index (χ1v) is 10.7. The van der Waals surface area contributed by atoms with Gasteiger partial charge in [-0.3, -0.25) is 9.88 Å². The maximum atomic E-state index is 14.5. The Labute approximate surface area is 183 Å². The van der Waals surface area contributed by atoms with Crippen LogP contribution in [0.5, 0.6) is 11.5 Å². The molecule has 0 spiro atoms. The molecular weight excluding hydrogens is 397 g/mol. The van der Waals surface area contributed by atoms with Crippen LogP contribution in [0.1, 0.15) is 26.3 Å². The number of halogens is 1. The van der Waals surface area contributed by atoms with Gasteiger partial charge in [0.25, 0.3) is 0 Å². The Hall–Kier alpha value is -2.71. The van der Waals surface area contributed by atoms with Crippen molar-refractivity contribution in [2.45, 2.75) is 32.9 Å². The van der Waals surface area contributed by atoms with E-state index in [1.165, 1.54) is 6.07 Å². The Balaban J connectivity index is 1.59. The zero-order valence-electron chi connectivity index (χ0n) is 18.5. The van der Waals surface area contributed by atoms with E-state index in [1.807, 2.05) is 13.0 Å². The molecule has 1 saturated heterocycles. The number of hydrogen-bond donors (Lipinski definition) is 2. The summed E-state index contributed by atoms with van der Waals surface area (Å²) in [5.41, 5.74) is 0.734. The molecule has 0 aliphatic carbocycles. The Morgan fingerprint density at radius 3 is 2.74 bits per heavy atom. The Morgan fingerprint density at radius 2 is 2.06 bits per heavy atom. The van der Waals surface area contributed by atoms with Gasteiger partial charge in [0, 0.05) is 37.9 Å². The van der Waals surface area contributed by atoms with E-state index in [0.717, 1.165) is 45.0 Å². The van der Waals surface area contributed by atoms with Crippen LogP contribution in [0.25, 0.3) is 0 Å². The predicted molar refractivity (Wildman–Crippen MR) is 120 cm³/mol. The molecule has 1 fully saturated rings. The van der Waals surface area contributed by atoms with Crippen molar-refractivity contribution >= 4 is 5.96 Å². The summed E-state index contributed by atoms with van der Waals surface area (Å²) in [6, 6.07) is 8.37. The molecule has 0 atom stereocenters. The minimum absolute atomic E-state index is 0.0304. The Kier molecular flexibility index (Phi) is 8.20. The molecule has 1 aliphatic heterocycles. The fourth-order valence-electron chi connectivity index (χ4n) is 3.35. The molecule has 3 rings (SSSR count). The van der Waals surface area contributed by atoms with E-state index >= 15 is 0 Å². The third kappa shape index (κ3) is 6.90. The largest absolute Gasteiger partial charge is 0.453 e. The van der Waals surface area contributed by atoms with Crippen molar-refractivity contribution in [2.75, 3.05) is 39.4 Å². The lowest BCUT2D eigenvalue weighted by Gasteiger charge is -2.41. The lowest BCUT2D eigenvalue weighted by molar-refractivity contribution is -0.00834. The molecule has 1 aromatic carbocycles. The topological polar surface area (TPSA) is 71.0 Å². The molecule has 2 heterocycles. The standard InChI is InChI=1S/C23H32FN5O2/c1-4-26-22(28-17-23(2,3)29-10-12-30-13-11-29)27-15-18-7-8-21(20(24)14-18)31-19-6-5-9-25-16-19/h5-9,14,16H,4,10-13,15,17H2,1-3H3,(H2,26,27,28). The van der Waals surface area contributed by atoms with E-state index in [9.17, 15) is 4.39 Å². The van der Waals surface area contributed by atoms with E-state index < -0.39 is 5.82 Å². The molecule has 31 heavy (non-hydrogen) atoms. The average Bonchev–Trinajstić information content (AvgIpc) is 2.79. The van der Waals surface area contributed by atoms with E-state index in [2.05, 4.69) is 39.4 Å². The molecule has 168 valence electrons. The summed E-state index contributed by atoms with van der Waals surface area (Å²) >= 11 is 0. The molecule has 0 bridgehead atoms. The molecule has 0 radical (unpaired) electrons. The van der Waals surface area contributed by atoms with Crippen LogP contribution < -0.4 is 15.4 Å². The third-order valence-corrected chi connectivity index (χ3v) is 5.18. The summed E-state index contributed by atoms with van der Waals surface area (Å²) in [6.45, 7) is 11.7. The molecular formula is C23H32FN5O2. The second kappa shape index (κ2) is 11.1. The number of nitrogens with one attached hydrogen (secondary N) is 2. The first-order valence-electron chi connectivity index (χ1n) is 10.7. The van der Waals surface area contributed by atoms with Gasteiger partial charge in [0.15, 0.2) is 17.5 Å². The average molecular weight is 430 g/mol. The number of ether oxygens (including phenoxy) is 2. The van der Waals surface area contributed by atoms with E-state index in [-0.39, 0.29) is 11.3 Å². The van der Waals surface area contributed by atoms with Crippen molar-refractivity contribution in [2.24, 2.45) is 4.99 Å². The van der Waals surface area contributed by atoms with Gasteiger partial charge in [-0.25, -0.2) is 9.38 Å². The normalized spacial score (nSPS) is 15.5. The van der Waals surface area contributed by atoms with Gasteiger partial charge >= 0.3 is 0 Å². The second-order valence-electron chi connectivity index (χ2n) is 8.02. The molecule has 1 aliphatic rings. The highest BCUT2D eigenvalue weighted by Gasteiger charge is 2.28. The molecule has 0 saturated carbocycles. The smallest absolute Gasteiger partial charge is 0.191 e. The van der Waals surface area contributed by atoms with Crippen LogP contribution in [0, 0.1) is 5.82 Å². The number of pyridine rings is 1. The number of aromatic nitrogens is 1. The predicted octanol–water partition coefficient (Wildman–Crippen LogP) is 3.18. The Morgan fingerprint density at radius 1 is 1.26 bits per heavy atom. The number of benzene rings is 1. The number of guanidine groups is 1. The van der Waals surface area contributed by atoms with Crippen molar-refractivity contribution in [3.05, 3.63) is 54.1 Å². The lowest BCUT2D eigenvalue weighted by atomic mass is 10.0. The van der Waals surface area contributed by atoms with Gasteiger partial charge in [0.2, 0.25) is 0 Å². The van der Waals surface area contributed by atoms with Crippen LogP contribution in [0.2, 0.25) is 0 Å². The first-order chi connectivity index (χ1) is 15.0. The van der Waals surface area contributed by atoms with Crippen LogP contribution >= 0.6 is 0 Å². The SMILES string of the molecule is CCNC(=NCc1ccc(Oc2cccnc2)c(F)c1)NCC(C)(C)N1CCOCC1. The molecule has 1 aromatic heterocycles. The van der Waals surface area contributed by atoms with Gasteiger partial charge in [-0.05, 0) is 50.6 Å². The number of hydrogen-bond acceptors (Lipinski definition) is 5. The van der Waals surface area contributed by atoms with Crippen molar-refractivity contribution in [3.8, 4) is 11.5 Å². The zero-order chi connectivity index (χ0) is 22.1. The summed E-state index contributed by atoms with van der Waals surface area (Å²) in [5, 5.41) is 6.68. The number of morpholine rings is 1. The third-order valence-electron chi connectivity index (χ3n) is 5.18. The van der Waals surface area contributed by atoms with Gasteiger partial charge in [-0.15, -0.1) is 0 Å². The van der Waals surface area contributed by atoms with Crippen LogP contribution in [0.4, 0.5) is 4.39 Å². The quantitative estimate of drug-likeness (QED) is 0.496. The molecule has 0 amide bonds. The lowest BCUT2D eigenvalue weighted by Crippen LogP contribution is -2.56. The maximum Gasteiger partial charge on any atom is 0.191 e. The molecule has 2 aromatic rings. The van der Waals surface area contributed by atoms with Crippen molar-refractivity contribution in [1.82, 2.24) is 20.5 Å². The summed E-state index contributed by atoms with van der Waals surface area (Å²) in [4.78, 5) is 11.0. The van der Waals surface area contributed by atoms with Crippen molar-refractivity contribution < 1.29 is 13.9 Å². The van der Waals surface area contributed by atoms with Crippen LogP contribution in [0.3, 0.4) is 0 Å². The minimum atomic E-state index is -0.428. The van der Waals surface area contributed by atoms with Gasteiger partial charge < -0.3 is 20.1 Å². The summed E-state index contributed by atoms with van der Waals surface area (Å²) in [6.07, 6.45) is 3.19. The molecule has 8 heteroatoms. The van der Waals surface area contributed by atoms with Gasteiger partial charge in [-0.1, -0.05) is 6.07 Å². The summed E-state index contributed by atoms with van der Waals surface area (Å²) in [5.74, 6) is 0.939. The highest BCUT2D eigenvalue weighted by Crippen LogP contribution is 2.24. The van der Waals surface area contributed by atoms with E-state index in [4.69, 9.17) is 9.47 Å². The number of aliphatic imine (C=N–C) groups is 1. The van der Waals surface area contributed by atoms with Crippen LogP contribution in [0.15, 0.2) is 47.7 Å². The van der Waals surface area contributed by atoms with Gasteiger partial charge in [-0.2, -0.15) is 0 Å². The molecule has 2 N–H and O–H groups in total. The van der Waals surface area contributed by atoms with Crippen molar-refractivity contribution in [1.29, 1.82) is 0 Å². The first kappa shape index (κ1) is 23.0. The van der Waals surface area contributed by atoms with E-state index in [0.29, 0.717) is 18.3 Å². The number of nitrogens with zero attached hydrogens (tertiary/aromatic N) is 3. The van der Waals surface area contributed by atoms with Crippen molar-refractivity contribution in [3.63, 3.8) is 0 Å². The highest BCUT2D eigenvalue weighted by molar-refractivity contribution is 5.79. The number of rotatable bonds is 8. The van der Waals surface area contributed by atoms with Crippen LogP contribution in [-0.4, -0.2) is 60.8 Å². The Bertz CT molecular complexity index is 854. The van der Waals surface area contributed by atoms with E-state index in [1.54, 1.807) is 30.6 Å². The summed E-state index contributed by atoms with van der Waals surface area (Å²) < 4.78 is 25.5. The van der Waals surface area contributed by atoms with Gasteiger partial charge in [0.05, 0.1) is 26.0 Å². The zero-order valence-corrected chi connectivity index (χ0v) is 18.5. The fourth-order valence-corrected chi connectivity index (χ4v) is 3.35. The van der Waals surface area contributed by atoms with Crippen LogP contribution in [-0.2, 0) is 11.3 Å². The highest BCUT2D eigenvalue weighted by atomic mass is 19.1. The van der Waals surface area contributed by atoms with Gasteiger partial charge in [0.1, 0.15) is 5.75 Å². The monoisotopic (exact) mass is 429 g/mol.